The van der Waals surface area contributed by atoms with E-state index in [1.165, 1.54) is 12.0 Å². The van der Waals surface area contributed by atoms with Crippen LogP contribution in [0.25, 0.3) is 5.52 Å². The molecule has 1 saturated heterocycles. The molecule has 24 heavy (non-hydrogen) atoms. The summed E-state index contributed by atoms with van der Waals surface area (Å²) < 4.78 is 14.1. The molecule has 1 fully saturated rings. The molecule has 1 N–H and O–H groups in total. The van der Waals surface area contributed by atoms with E-state index in [0.29, 0.717) is 12.5 Å². The number of ether oxygens (including phenoxy) is 2. The monoisotopic (exact) mass is 330 g/mol. The standard InChI is InChI=1S/C18H26N4O2/c1-3-4-7-23-10-14-8-12(2)17(24-14)15-9-13-5-6-19-18-16(13)22(15)21-11-20-18/h9,11-12,14,17H,3-8,10H2,1-2H3,(H,19,20,21)/t12-,14-,17+/m0/s1. The van der Waals surface area contributed by atoms with Gasteiger partial charge in [-0.25, -0.2) is 9.50 Å². The quantitative estimate of drug-likeness (QED) is 0.825. The molecule has 2 aliphatic heterocycles. The number of nitrogens with zero attached hydrogens (tertiary/aromatic N) is 3. The molecule has 2 aliphatic rings. The van der Waals surface area contributed by atoms with Crippen LogP contribution >= 0.6 is 0 Å². The van der Waals surface area contributed by atoms with Crippen LogP contribution in [0.15, 0.2) is 12.4 Å². The predicted octanol–water partition coefficient (Wildman–Crippen LogP) is 2.98. The number of rotatable bonds is 6. The van der Waals surface area contributed by atoms with Gasteiger partial charge in [-0.1, -0.05) is 20.3 Å². The average Bonchev–Trinajstić information content (AvgIpc) is 3.14. The molecule has 0 bridgehead atoms. The predicted molar refractivity (Wildman–Crippen MR) is 92.3 cm³/mol. The van der Waals surface area contributed by atoms with Gasteiger partial charge in [-0.3, -0.25) is 0 Å². The van der Waals surface area contributed by atoms with Gasteiger partial charge >= 0.3 is 0 Å². The Morgan fingerprint density at radius 1 is 1.46 bits per heavy atom. The van der Waals surface area contributed by atoms with Crippen LogP contribution in [0.4, 0.5) is 5.82 Å². The highest BCUT2D eigenvalue weighted by molar-refractivity contribution is 5.75. The highest BCUT2D eigenvalue weighted by atomic mass is 16.5. The zero-order chi connectivity index (χ0) is 16.5. The second-order valence-electron chi connectivity index (χ2n) is 6.96. The first-order valence-corrected chi connectivity index (χ1v) is 9.10. The third-order valence-corrected chi connectivity index (χ3v) is 5.08. The topological polar surface area (TPSA) is 60.7 Å². The van der Waals surface area contributed by atoms with E-state index >= 15 is 0 Å². The first-order chi connectivity index (χ1) is 11.8. The minimum atomic E-state index is 0.0758. The zero-order valence-electron chi connectivity index (χ0n) is 14.5. The second-order valence-corrected chi connectivity index (χ2v) is 6.96. The molecule has 4 heterocycles. The van der Waals surface area contributed by atoms with Crippen molar-refractivity contribution in [3.63, 3.8) is 0 Å². The van der Waals surface area contributed by atoms with Crippen LogP contribution in [0.3, 0.4) is 0 Å². The Bertz CT molecular complexity index is 714. The molecule has 2 aromatic heterocycles. The van der Waals surface area contributed by atoms with Crippen LogP contribution in [0.1, 0.15) is 50.5 Å². The van der Waals surface area contributed by atoms with Gasteiger partial charge in [0.05, 0.1) is 18.4 Å². The molecule has 3 atom stereocenters. The number of hydrogen-bond acceptors (Lipinski definition) is 5. The van der Waals surface area contributed by atoms with E-state index in [4.69, 9.17) is 9.47 Å². The van der Waals surface area contributed by atoms with Gasteiger partial charge in [-0.05, 0) is 36.8 Å². The number of unbranched alkanes of at least 4 members (excludes halogenated alkanes) is 1. The molecule has 6 heteroatoms. The number of anilines is 1. The maximum Gasteiger partial charge on any atom is 0.154 e. The van der Waals surface area contributed by atoms with Gasteiger partial charge < -0.3 is 14.8 Å². The van der Waals surface area contributed by atoms with Crippen LogP contribution in [0, 0.1) is 5.92 Å². The molecule has 0 aromatic carbocycles. The SMILES string of the molecule is CCCCOC[C@@H]1C[C@H](C)[C@H](c2cc3c4c(ncnn24)NCC3)O1. The summed E-state index contributed by atoms with van der Waals surface area (Å²) in [5, 5.41) is 7.85. The summed E-state index contributed by atoms with van der Waals surface area (Å²) in [6, 6.07) is 2.26. The zero-order valence-corrected chi connectivity index (χ0v) is 14.5. The Morgan fingerprint density at radius 2 is 2.38 bits per heavy atom. The van der Waals surface area contributed by atoms with E-state index in [1.54, 1.807) is 6.33 Å². The van der Waals surface area contributed by atoms with Crippen LogP contribution in [-0.4, -0.2) is 40.5 Å². The molecule has 0 amide bonds. The van der Waals surface area contributed by atoms with Crippen LogP contribution in [-0.2, 0) is 15.9 Å². The lowest BCUT2D eigenvalue weighted by molar-refractivity contribution is -0.0216. The van der Waals surface area contributed by atoms with E-state index in [0.717, 1.165) is 49.4 Å². The van der Waals surface area contributed by atoms with Crippen molar-refractivity contribution >= 4 is 11.3 Å². The van der Waals surface area contributed by atoms with Gasteiger partial charge in [0.1, 0.15) is 17.9 Å². The Hall–Kier alpha value is -1.66. The van der Waals surface area contributed by atoms with Crippen LogP contribution in [0.5, 0.6) is 0 Å². The van der Waals surface area contributed by atoms with E-state index in [9.17, 15) is 0 Å². The number of nitrogens with one attached hydrogen (secondary N) is 1. The lowest BCUT2D eigenvalue weighted by Crippen LogP contribution is -2.16. The van der Waals surface area contributed by atoms with Crippen molar-refractivity contribution in [1.82, 2.24) is 14.6 Å². The van der Waals surface area contributed by atoms with Crippen molar-refractivity contribution in [3.05, 3.63) is 23.7 Å². The molecular weight excluding hydrogens is 304 g/mol. The Labute approximate surface area is 142 Å². The van der Waals surface area contributed by atoms with Gasteiger partial charge in [0.2, 0.25) is 0 Å². The van der Waals surface area contributed by atoms with Crippen LogP contribution in [0.2, 0.25) is 0 Å². The Balaban J connectivity index is 1.54. The summed E-state index contributed by atoms with van der Waals surface area (Å²) >= 11 is 0. The highest BCUT2D eigenvalue weighted by Crippen LogP contribution is 2.40. The molecule has 0 spiro atoms. The van der Waals surface area contributed by atoms with E-state index < -0.39 is 0 Å². The van der Waals surface area contributed by atoms with Crippen molar-refractivity contribution < 1.29 is 9.47 Å². The summed E-state index contributed by atoms with van der Waals surface area (Å²) in [6.45, 7) is 6.89. The fraction of sp³-hybridized carbons (Fsp3) is 0.667. The fourth-order valence-corrected chi connectivity index (χ4v) is 3.85. The first-order valence-electron chi connectivity index (χ1n) is 9.10. The number of hydrogen-bond donors (Lipinski definition) is 1. The largest absolute Gasteiger partial charge is 0.379 e. The van der Waals surface area contributed by atoms with Gasteiger partial charge in [0.25, 0.3) is 0 Å². The third-order valence-electron chi connectivity index (χ3n) is 5.08. The van der Waals surface area contributed by atoms with Gasteiger partial charge in [0.15, 0.2) is 5.82 Å². The van der Waals surface area contributed by atoms with Gasteiger partial charge in [-0.2, -0.15) is 5.10 Å². The molecule has 4 rings (SSSR count). The normalized spacial score (nSPS) is 26.0. The maximum absolute atomic E-state index is 6.34. The molecule has 0 saturated carbocycles. The summed E-state index contributed by atoms with van der Waals surface area (Å²) in [5.41, 5.74) is 3.57. The van der Waals surface area contributed by atoms with E-state index in [2.05, 4.69) is 35.3 Å². The molecule has 2 aromatic rings. The highest BCUT2D eigenvalue weighted by Gasteiger charge is 2.36. The number of aromatic nitrogens is 3. The Morgan fingerprint density at radius 3 is 3.25 bits per heavy atom. The van der Waals surface area contributed by atoms with Crippen molar-refractivity contribution in [2.45, 2.75) is 51.7 Å². The van der Waals surface area contributed by atoms with Crippen molar-refractivity contribution in [2.75, 3.05) is 25.1 Å². The molecule has 0 radical (unpaired) electrons. The van der Waals surface area contributed by atoms with Crippen molar-refractivity contribution in [3.8, 4) is 0 Å². The maximum atomic E-state index is 6.34. The summed E-state index contributed by atoms with van der Waals surface area (Å²) in [6.07, 6.45) is 6.21. The summed E-state index contributed by atoms with van der Waals surface area (Å²) in [4.78, 5) is 4.37. The third kappa shape index (κ3) is 2.78. The Kier molecular flexibility index (Phi) is 4.41. The molecule has 0 aliphatic carbocycles. The molecular formula is C18H26N4O2. The fourth-order valence-electron chi connectivity index (χ4n) is 3.85. The van der Waals surface area contributed by atoms with Crippen molar-refractivity contribution in [2.24, 2.45) is 5.92 Å². The second kappa shape index (κ2) is 6.69. The van der Waals surface area contributed by atoms with E-state index in [-0.39, 0.29) is 12.2 Å². The van der Waals surface area contributed by atoms with Crippen LogP contribution < -0.4 is 5.32 Å². The summed E-state index contributed by atoms with van der Waals surface area (Å²) in [7, 11) is 0. The molecule has 130 valence electrons. The van der Waals surface area contributed by atoms with Crippen molar-refractivity contribution in [1.29, 1.82) is 0 Å². The average molecular weight is 330 g/mol. The lowest BCUT2D eigenvalue weighted by Gasteiger charge is -2.16. The molecule has 0 unspecified atom stereocenters. The first kappa shape index (κ1) is 15.8. The van der Waals surface area contributed by atoms with Gasteiger partial charge in [-0.15, -0.1) is 0 Å². The van der Waals surface area contributed by atoms with E-state index in [1.807, 2.05) is 4.52 Å². The minimum absolute atomic E-state index is 0.0758. The van der Waals surface area contributed by atoms with Gasteiger partial charge in [0, 0.05) is 13.2 Å². The minimum Gasteiger partial charge on any atom is -0.379 e. The smallest absolute Gasteiger partial charge is 0.154 e. The molecule has 6 nitrogen and oxygen atoms in total. The lowest BCUT2D eigenvalue weighted by atomic mass is 9.99. The summed E-state index contributed by atoms with van der Waals surface area (Å²) in [5.74, 6) is 1.39.